The molecule has 12 heteroatoms. The van der Waals surface area contributed by atoms with Crippen LogP contribution in [0.2, 0.25) is 0 Å². The first-order valence-corrected chi connectivity index (χ1v) is 8.76. The average molecular weight is 375 g/mol. The van der Waals surface area contributed by atoms with E-state index in [-0.39, 0.29) is 37.4 Å². The van der Waals surface area contributed by atoms with Crippen LogP contribution < -0.4 is 11.4 Å². The number of aromatic nitrogens is 2. The highest BCUT2D eigenvalue weighted by Crippen LogP contribution is 2.35. The van der Waals surface area contributed by atoms with Gasteiger partial charge in [-0.15, -0.1) is 0 Å². The smallest absolute Gasteiger partial charge is 0.394 e. The number of nitrogens with zero attached hydrogens (tertiary/aromatic N) is 2. The van der Waals surface area contributed by atoms with Crippen molar-refractivity contribution in [2.24, 2.45) is 0 Å². The number of hydrogen-bond acceptors (Lipinski definition) is 8. The van der Waals surface area contributed by atoms with E-state index in [1.165, 1.54) is 6.20 Å². The molecule has 2 rings (SSSR count). The van der Waals surface area contributed by atoms with Gasteiger partial charge in [0.1, 0.15) is 18.1 Å². The zero-order chi connectivity index (χ0) is 18.6. The second-order valence-electron chi connectivity index (χ2n) is 5.22. The molecule has 1 aromatic rings. The molecule has 0 aromatic carbocycles. The van der Waals surface area contributed by atoms with Crippen LogP contribution in [-0.2, 0) is 13.8 Å². The molecule has 0 spiro atoms. The molecule has 1 aromatic heterocycles. The maximum absolute atomic E-state index is 12.0. The summed E-state index contributed by atoms with van der Waals surface area (Å²) < 4.78 is 21.3. The fourth-order valence-corrected chi connectivity index (χ4v) is 2.54. The lowest BCUT2D eigenvalue weighted by atomic mass is 10.2. The average Bonchev–Trinajstić information content (AvgIpc) is 2.88. The number of ether oxygens (including phenoxy) is 1. The quantitative estimate of drug-likeness (QED) is 0.227. The van der Waals surface area contributed by atoms with Gasteiger partial charge in [0.05, 0.1) is 24.9 Å². The van der Waals surface area contributed by atoms with Crippen molar-refractivity contribution in [1.82, 2.24) is 9.55 Å². The van der Waals surface area contributed by atoms with Crippen LogP contribution >= 0.6 is 7.82 Å². The van der Waals surface area contributed by atoms with E-state index in [9.17, 15) is 14.5 Å². The lowest BCUT2D eigenvalue weighted by Gasteiger charge is -2.15. The summed E-state index contributed by atoms with van der Waals surface area (Å²) in [5.74, 6) is 5.12. The Labute approximate surface area is 142 Å². The minimum absolute atomic E-state index is 0.0227. The predicted molar refractivity (Wildman–Crippen MR) is 84.0 cm³/mol. The number of nitrogens with two attached hydrogens (primary N) is 1. The van der Waals surface area contributed by atoms with Gasteiger partial charge in [-0.3, -0.25) is 9.09 Å². The molecule has 11 nitrogen and oxygen atoms in total. The number of nitrogen functional groups attached to an aromatic ring is 1. The molecule has 1 fully saturated rings. The fourth-order valence-electron chi connectivity index (χ4n) is 2.21. The van der Waals surface area contributed by atoms with Crippen molar-refractivity contribution >= 4 is 13.6 Å². The lowest BCUT2D eigenvalue weighted by molar-refractivity contribution is -0.0458. The standard InChI is InChI=1S/C13H18N3O8P/c14-12-8(3-1-2-4-23-25(20,21)22)6-16(13(19)15-12)11-5-9(18)10(7-17)24-11/h6,9-11,17-18H,2,4-5,7H2,(H2,14,15,19)(H2,20,21,22). The summed E-state index contributed by atoms with van der Waals surface area (Å²) in [6.45, 7) is -0.665. The van der Waals surface area contributed by atoms with Crippen molar-refractivity contribution in [2.45, 2.75) is 31.3 Å². The molecular weight excluding hydrogens is 357 g/mol. The number of hydrogen-bond donors (Lipinski definition) is 5. The summed E-state index contributed by atoms with van der Waals surface area (Å²) in [6, 6.07) is 0. The van der Waals surface area contributed by atoms with Crippen molar-refractivity contribution in [3.8, 4) is 11.8 Å². The highest BCUT2D eigenvalue weighted by atomic mass is 31.2. The molecule has 0 saturated carbocycles. The molecule has 138 valence electrons. The third kappa shape index (κ3) is 5.35. The summed E-state index contributed by atoms with van der Waals surface area (Å²) in [5.41, 5.74) is 5.16. The van der Waals surface area contributed by atoms with E-state index in [1.54, 1.807) is 0 Å². The summed E-state index contributed by atoms with van der Waals surface area (Å²) in [7, 11) is -4.54. The maximum atomic E-state index is 12.0. The van der Waals surface area contributed by atoms with Crippen LogP contribution in [0.4, 0.5) is 5.82 Å². The predicted octanol–water partition coefficient (Wildman–Crippen LogP) is -1.68. The zero-order valence-electron chi connectivity index (χ0n) is 13.0. The number of aliphatic hydroxyl groups excluding tert-OH is 2. The van der Waals surface area contributed by atoms with Gasteiger partial charge in [0, 0.05) is 19.0 Å². The Morgan fingerprint density at radius 1 is 1.52 bits per heavy atom. The van der Waals surface area contributed by atoms with Crippen molar-refractivity contribution in [3.63, 3.8) is 0 Å². The second-order valence-corrected chi connectivity index (χ2v) is 6.46. The van der Waals surface area contributed by atoms with Gasteiger partial charge in [-0.25, -0.2) is 9.36 Å². The van der Waals surface area contributed by atoms with Crippen molar-refractivity contribution in [2.75, 3.05) is 18.9 Å². The Kier molecular flexibility index (Phi) is 6.31. The van der Waals surface area contributed by atoms with E-state index >= 15 is 0 Å². The van der Waals surface area contributed by atoms with Gasteiger partial charge < -0.3 is 30.5 Å². The highest BCUT2D eigenvalue weighted by Gasteiger charge is 2.35. The van der Waals surface area contributed by atoms with E-state index in [0.29, 0.717) is 0 Å². The van der Waals surface area contributed by atoms with E-state index in [1.807, 2.05) is 0 Å². The minimum atomic E-state index is -4.54. The molecule has 1 aliphatic heterocycles. The Morgan fingerprint density at radius 3 is 2.84 bits per heavy atom. The molecule has 6 N–H and O–H groups in total. The SMILES string of the molecule is Nc1nc(=O)n(C2CC(O)C(CO)O2)cc1C#CCCOP(=O)(O)O. The number of aliphatic hydroxyl groups is 2. The van der Waals surface area contributed by atoms with E-state index in [4.69, 9.17) is 25.4 Å². The highest BCUT2D eigenvalue weighted by molar-refractivity contribution is 7.46. The summed E-state index contributed by atoms with van der Waals surface area (Å²) in [4.78, 5) is 32.7. The number of anilines is 1. The summed E-state index contributed by atoms with van der Waals surface area (Å²) in [5, 5.41) is 18.8. The Hall–Kier alpha value is -1.77. The second kappa shape index (κ2) is 8.07. The van der Waals surface area contributed by atoms with Crippen LogP contribution in [0.3, 0.4) is 0 Å². The zero-order valence-corrected chi connectivity index (χ0v) is 13.9. The molecule has 0 radical (unpaired) electrons. The molecule has 3 unspecified atom stereocenters. The molecule has 0 amide bonds. The van der Waals surface area contributed by atoms with Gasteiger partial charge in [-0.05, 0) is 0 Å². The first kappa shape index (κ1) is 19.6. The van der Waals surface area contributed by atoms with Crippen LogP contribution in [0.25, 0.3) is 0 Å². The molecule has 1 aliphatic rings. The topological polar surface area (TPSA) is 177 Å². The molecule has 0 aliphatic carbocycles. The van der Waals surface area contributed by atoms with Gasteiger partial charge in [0.2, 0.25) is 0 Å². The molecule has 1 saturated heterocycles. The Bertz CT molecular complexity index is 780. The van der Waals surface area contributed by atoms with Crippen molar-refractivity contribution < 1.29 is 33.8 Å². The van der Waals surface area contributed by atoms with E-state index in [0.717, 1.165) is 4.57 Å². The van der Waals surface area contributed by atoms with E-state index in [2.05, 4.69) is 21.3 Å². The van der Waals surface area contributed by atoms with Gasteiger partial charge in [0.25, 0.3) is 0 Å². The van der Waals surface area contributed by atoms with Gasteiger partial charge >= 0.3 is 13.5 Å². The maximum Gasteiger partial charge on any atom is 0.469 e. The summed E-state index contributed by atoms with van der Waals surface area (Å²) >= 11 is 0. The number of phosphoric ester groups is 1. The van der Waals surface area contributed by atoms with Gasteiger partial charge in [-0.1, -0.05) is 11.8 Å². The molecule has 2 heterocycles. The molecule has 0 bridgehead atoms. The normalized spacial score (nSPS) is 23.3. The number of rotatable bonds is 5. The third-order valence-electron chi connectivity index (χ3n) is 3.39. The molecule has 3 atom stereocenters. The van der Waals surface area contributed by atoms with Crippen LogP contribution in [0.5, 0.6) is 0 Å². The Balaban J connectivity index is 2.13. The first-order valence-electron chi connectivity index (χ1n) is 7.23. The van der Waals surface area contributed by atoms with Crippen LogP contribution in [0.1, 0.15) is 24.6 Å². The Morgan fingerprint density at radius 2 is 2.24 bits per heavy atom. The monoisotopic (exact) mass is 375 g/mol. The van der Waals surface area contributed by atoms with Crippen molar-refractivity contribution in [1.29, 1.82) is 0 Å². The van der Waals surface area contributed by atoms with Crippen molar-refractivity contribution in [3.05, 3.63) is 22.2 Å². The minimum Gasteiger partial charge on any atom is -0.394 e. The number of phosphoric acid groups is 1. The van der Waals surface area contributed by atoms with Gasteiger partial charge in [0.15, 0.2) is 0 Å². The first-order chi connectivity index (χ1) is 11.7. The van der Waals surface area contributed by atoms with Crippen LogP contribution in [0, 0.1) is 11.8 Å². The molecular formula is C13H18N3O8P. The third-order valence-corrected chi connectivity index (χ3v) is 3.90. The largest absolute Gasteiger partial charge is 0.469 e. The van der Waals surface area contributed by atoms with Gasteiger partial charge in [-0.2, -0.15) is 4.98 Å². The lowest BCUT2D eigenvalue weighted by Crippen LogP contribution is -2.28. The van der Waals surface area contributed by atoms with E-state index < -0.39 is 31.9 Å². The fraction of sp³-hybridized carbons (Fsp3) is 0.538. The van der Waals surface area contributed by atoms with Crippen LogP contribution in [-0.4, -0.2) is 55.0 Å². The molecule has 25 heavy (non-hydrogen) atoms. The summed E-state index contributed by atoms with van der Waals surface area (Å²) in [6.07, 6.45) is -1.09. The van der Waals surface area contributed by atoms with Crippen LogP contribution in [0.15, 0.2) is 11.0 Å².